The van der Waals surface area contributed by atoms with Crippen molar-refractivity contribution >= 4 is 23.4 Å². The molecule has 0 aromatic carbocycles. The molecule has 0 radical (unpaired) electrons. The van der Waals surface area contributed by atoms with Crippen LogP contribution < -0.4 is 0 Å². The maximum absolute atomic E-state index is 13.7. The fraction of sp³-hybridized carbons (Fsp3) is 0.688. The molecule has 1 heterocycles. The summed E-state index contributed by atoms with van der Waals surface area (Å²) in [7, 11) is -8.75. The highest BCUT2D eigenvalue weighted by Gasteiger charge is 2.61. The summed E-state index contributed by atoms with van der Waals surface area (Å²) in [5.41, 5.74) is -1.30. The topological polar surface area (TPSA) is 90.0 Å². The molecule has 1 aliphatic carbocycles. The monoisotopic (exact) mass is 445 g/mol. The molecule has 160 valence electrons. The molecular formula is C16H23F3NO6PS. The Hall–Kier alpha value is -1.00. The zero-order valence-electron chi connectivity index (χ0n) is 15.7. The third-order valence-electron chi connectivity index (χ3n) is 4.78. The molecular weight excluding hydrogens is 422 g/mol. The molecule has 0 spiro atoms. The number of nitrogens with zero attached hydrogens (tertiary/aromatic N) is 1. The summed E-state index contributed by atoms with van der Waals surface area (Å²) in [5.74, 6) is -0.850. The van der Waals surface area contributed by atoms with E-state index in [1.807, 2.05) is 0 Å². The van der Waals surface area contributed by atoms with Crippen LogP contribution in [0.25, 0.3) is 0 Å². The second-order valence-corrected chi connectivity index (χ2v) is 11.2. The lowest BCUT2D eigenvalue weighted by Crippen LogP contribution is -2.54. The van der Waals surface area contributed by atoms with Gasteiger partial charge in [0.15, 0.2) is 10.5 Å². The Morgan fingerprint density at radius 1 is 1.25 bits per heavy atom. The number of hydrogen-bond donors (Lipinski definition) is 0. The molecule has 2 rings (SSSR count). The second kappa shape index (κ2) is 8.02. The highest BCUT2D eigenvalue weighted by Crippen LogP contribution is 2.58. The van der Waals surface area contributed by atoms with Crippen molar-refractivity contribution in [3.8, 4) is 0 Å². The zero-order chi connectivity index (χ0) is 21.4. The van der Waals surface area contributed by atoms with Crippen LogP contribution >= 0.6 is 7.60 Å². The summed E-state index contributed by atoms with van der Waals surface area (Å²) in [6, 6.07) is -2.43. The van der Waals surface area contributed by atoms with E-state index in [1.165, 1.54) is 26.0 Å². The highest BCUT2D eigenvalue weighted by atomic mass is 32.2. The molecule has 2 aliphatic rings. The minimum Gasteiger partial charge on any atom is -0.309 e. The van der Waals surface area contributed by atoms with Gasteiger partial charge in [-0.25, -0.2) is 8.42 Å². The third-order valence-corrected chi connectivity index (χ3v) is 9.72. The molecule has 0 saturated carbocycles. The molecule has 1 aliphatic heterocycles. The first kappa shape index (κ1) is 23.3. The first-order valence-electron chi connectivity index (χ1n) is 8.70. The van der Waals surface area contributed by atoms with E-state index < -0.39 is 59.0 Å². The van der Waals surface area contributed by atoms with E-state index >= 15 is 0 Å². The number of sulfonamides is 1. The Bertz CT molecular complexity index is 815. The quantitative estimate of drug-likeness (QED) is 0.560. The number of carbonyl (C=O) groups is 1. The van der Waals surface area contributed by atoms with E-state index in [1.54, 1.807) is 0 Å². The van der Waals surface area contributed by atoms with Gasteiger partial charge in [-0.2, -0.15) is 17.5 Å². The highest BCUT2D eigenvalue weighted by molar-refractivity contribution is 7.91. The Morgan fingerprint density at radius 2 is 1.82 bits per heavy atom. The number of hydrogen-bond acceptors (Lipinski definition) is 6. The van der Waals surface area contributed by atoms with Crippen molar-refractivity contribution in [3.05, 3.63) is 24.3 Å². The lowest BCUT2D eigenvalue weighted by Gasteiger charge is -2.33. The lowest BCUT2D eigenvalue weighted by molar-refractivity contribution is -0.165. The first-order valence-corrected chi connectivity index (χ1v) is 11.8. The Balaban J connectivity index is 2.49. The Labute approximate surface area is 162 Å². The van der Waals surface area contributed by atoms with Gasteiger partial charge in [-0.05, 0) is 33.3 Å². The largest absolute Gasteiger partial charge is 0.405 e. The van der Waals surface area contributed by atoms with Crippen LogP contribution in [0.2, 0.25) is 0 Å². The second-order valence-electron chi connectivity index (χ2n) is 6.59. The predicted molar refractivity (Wildman–Crippen MR) is 96.4 cm³/mol. The molecule has 7 nitrogen and oxygen atoms in total. The number of rotatable bonds is 7. The maximum Gasteiger partial charge on any atom is 0.405 e. The molecule has 0 amide bonds. The van der Waals surface area contributed by atoms with Crippen LogP contribution in [0, 0.1) is 0 Å². The van der Waals surface area contributed by atoms with Gasteiger partial charge in [0.25, 0.3) is 0 Å². The third kappa shape index (κ3) is 4.00. The van der Waals surface area contributed by atoms with Gasteiger partial charge in [-0.3, -0.25) is 9.36 Å². The van der Waals surface area contributed by atoms with Crippen LogP contribution in [-0.2, 0) is 28.4 Å². The van der Waals surface area contributed by atoms with Gasteiger partial charge in [0.1, 0.15) is 6.04 Å². The van der Waals surface area contributed by atoms with E-state index in [9.17, 15) is 30.9 Å². The van der Waals surface area contributed by atoms with Crippen molar-refractivity contribution in [1.29, 1.82) is 0 Å². The van der Waals surface area contributed by atoms with Gasteiger partial charge in [0.05, 0.1) is 18.9 Å². The van der Waals surface area contributed by atoms with Gasteiger partial charge < -0.3 is 9.05 Å². The molecule has 1 fully saturated rings. The SMILES string of the molecule is CCOP(=O)(OCC)C1C[C@@H](C(F)(F)F)N(S(=O)(=O)C2(C)C=CC=CC2=O)C1. The molecule has 3 atom stereocenters. The summed E-state index contributed by atoms with van der Waals surface area (Å²) in [6.07, 6.45) is -1.04. The number of alkyl halides is 3. The van der Waals surface area contributed by atoms with E-state index in [0.29, 0.717) is 0 Å². The van der Waals surface area contributed by atoms with Crippen LogP contribution in [0.1, 0.15) is 27.2 Å². The normalized spacial score (nSPS) is 29.6. The summed E-state index contributed by atoms with van der Waals surface area (Å²) in [6.45, 7) is 3.21. The molecule has 0 N–H and O–H groups in total. The number of carbonyl (C=O) groups excluding carboxylic acids is 1. The first-order chi connectivity index (χ1) is 12.8. The number of ketones is 1. The lowest BCUT2D eigenvalue weighted by atomic mass is 10.0. The van der Waals surface area contributed by atoms with Crippen molar-refractivity contribution in [2.75, 3.05) is 19.8 Å². The molecule has 28 heavy (non-hydrogen) atoms. The molecule has 0 aromatic heterocycles. The van der Waals surface area contributed by atoms with Gasteiger partial charge in [0.2, 0.25) is 10.0 Å². The molecule has 0 aromatic rings. The Kier molecular flexibility index (Phi) is 6.67. The maximum atomic E-state index is 13.7. The number of halogens is 3. The standard InChI is InChI=1S/C16H23F3NO6PS/c1-4-25-27(22,26-5-2)12-10-13(16(17,18)19)20(11-12)28(23,24)15(3)9-7-6-8-14(15)21/h6-9,12-13H,4-5,10-11H2,1-3H3/t12?,13-,15?/m0/s1. The molecule has 12 heteroatoms. The van der Waals surface area contributed by atoms with Gasteiger partial charge in [-0.1, -0.05) is 18.2 Å². The van der Waals surface area contributed by atoms with Crippen molar-refractivity contribution in [1.82, 2.24) is 4.31 Å². The van der Waals surface area contributed by atoms with Gasteiger partial charge in [-0.15, -0.1) is 0 Å². The van der Waals surface area contributed by atoms with Gasteiger partial charge >= 0.3 is 13.8 Å². The summed E-state index contributed by atoms with van der Waals surface area (Å²) >= 11 is 0. The van der Waals surface area contributed by atoms with E-state index in [0.717, 1.165) is 19.1 Å². The molecule has 0 bridgehead atoms. The Morgan fingerprint density at radius 3 is 2.29 bits per heavy atom. The minimum absolute atomic E-state index is 0.0685. The summed E-state index contributed by atoms with van der Waals surface area (Å²) in [5, 5.41) is 0. The van der Waals surface area contributed by atoms with Gasteiger partial charge in [0, 0.05) is 6.54 Å². The average molecular weight is 445 g/mol. The molecule has 2 unspecified atom stereocenters. The van der Waals surface area contributed by atoms with Crippen molar-refractivity contribution < 1.29 is 40.0 Å². The van der Waals surface area contributed by atoms with Crippen LogP contribution in [0.4, 0.5) is 13.2 Å². The van der Waals surface area contributed by atoms with Crippen molar-refractivity contribution in [2.24, 2.45) is 0 Å². The zero-order valence-corrected chi connectivity index (χ0v) is 17.4. The predicted octanol–water partition coefficient (Wildman–Crippen LogP) is 3.04. The van der Waals surface area contributed by atoms with Crippen LogP contribution in [-0.4, -0.2) is 60.9 Å². The smallest absolute Gasteiger partial charge is 0.309 e. The summed E-state index contributed by atoms with van der Waals surface area (Å²) in [4.78, 5) is 12.2. The van der Waals surface area contributed by atoms with Crippen molar-refractivity contribution in [3.63, 3.8) is 0 Å². The minimum atomic E-state index is -4.92. The van der Waals surface area contributed by atoms with Crippen LogP contribution in [0.3, 0.4) is 0 Å². The van der Waals surface area contributed by atoms with E-state index in [-0.39, 0.29) is 17.5 Å². The molecule has 1 saturated heterocycles. The summed E-state index contributed by atoms with van der Waals surface area (Å²) < 4.78 is 88.5. The van der Waals surface area contributed by atoms with Crippen molar-refractivity contribution in [2.45, 2.75) is 49.8 Å². The van der Waals surface area contributed by atoms with E-state index in [2.05, 4.69) is 0 Å². The van der Waals surface area contributed by atoms with Crippen LogP contribution in [0.15, 0.2) is 24.3 Å². The van der Waals surface area contributed by atoms with Crippen LogP contribution in [0.5, 0.6) is 0 Å². The fourth-order valence-electron chi connectivity index (χ4n) is 3.27. The van der Waals surface area contributed by atoms with E-state index in [4.69, 9.17) is 9.05 Å². The average Bonchev–Trinajstić information content (AvgIpc) is 3.05. The number of allylic oxidation sites excluding steroid dienone is 3. The fourth-order valence-corrected chi connectivity index (χ4v) is 7.41.